The molecule has 0 aliphatic carbocycles. The third-order valence-electron chi connectivity index (χ3n) is 3.97. The molecule has 2 aromatic carbocycles. The summed E-state index contributed by atoms with van der Waals surface area (Å²) in [7, 11) is 0. The van der Waals surface area contributed by atoms with Gasteiger partial charge in [0.15, 0.2) is 0 Å². The van der Waals surface area contributed by atoms with E-state index in [1.807, 2.05) is 36.4 Å². The average molecular weight is 350 g/mol. The van der Waals surface area contributed by atoms with Crippen molar-refractivity contribution >= 4 is 28.5 Å². The summed E-state index contributed by atoms with van der Waals surface area (Å²) in [5.41, 5.74) is 3.06. The molecule has 0 aliphatic rings. The molecule has 5 heteroatoms. The molecular weight excluding hydrogens is 338 g/mol. The number of nitrogens with zero attached hydrogens (tertiary/aromatic N) is 1. The lowest BCUT2D eigenvalue weighted by atomic mass is 10.0. The molecule has 0 saturated carbocycles. The highest BCUT2D eigenvalue weighted by atomic mass is 35.5. The van der Waals surface area contributed by atoms with Crippen molar-refractivity contribution in [2.45, 2.75) is 0 Å². The summed E-state index contributed by atoms with van der Waals surface area (Å²) in [5.74, 6) is -0.272. The number of halogens is 1. The molecule has 0 radical (unpaired) electrons. The number of fused-ring (bicyclic) bond motifs is 1. The van der Waals surface area contributed by atoms with Gasteiger partial charge in [-0.3, -0.25) is 0 Å². The molecule has 122 valence electrons. The third-order valence-corrected chi connectivity index (χ3v) is 4.20. The van der Waals surface area contributed by atoms with Crippen molar-refractivity contribution in [1.82, 2.24) is 4.98 Å². The molecule has 1 N–H and O–H groups in total. The van der Waals surface area contributed by atoms with Gasteiger partial charge in [-0.05, 0) is 42.5 Å². The quantitative estimate of drug-likeness (QED) is 0.529. The van der Waals surface area contributed by atoms with Crippen LogP contribution in [0.5, 0.6) is 0 Å². The highest BCUT2D eigenvalue weighted by molar-refractivity contribution is 6.31. The number of aromatic nitrogens is 1. The highest BCUT2D eigenvalue weighted by Gasteiger charge is 2.14. The Kier molecular flexibility index (Phi) is 3.75. The van der Waals surface area contributed by atoms with Crippen LogP contribution in [0, 0.1) is 0 Å². The number of aromatic carboxylic acids is 1. The van der Waals surface area contributed by atoms with Crippen molar-refractivity contribution in [1.29, 1.82) is 0 Å². The summed E-state index contributed by atoms with van der Waals surface area (Å²) >= 11 is 6.00. The van der Waals surface area contributed by atoms with Crippen LogP contribution < -0.4 is 0 Å². The summed E-state index contributed by atoms with van der Waals surface area (Å²) in [6, 6.07) is 18.0. The van der Waals surface area contributed by atoms with E-state index in [-0.39, 0.29) is 5.56 Å². The molecule has 4 rings (SSSR count). The van der Waals surface area contributed by atoms with Gasteiger partial charge in [0, 0.05) is 21.5 Å². The van der Waals surface area contributed by atoms with Crippen LogP contribution in [0.1, 0.15) is 10.4 Å². The first-order valence-electron chi connectivity index (χ1n) is 7.60. The standard InChI is InChI=1S/C20H12ClNO3/c21-14-6-7-17-15(10-14)16(20(23)24)11-18(22-17)12-3-1-4-13(9-12)19-5-2-8-25-19/h1-11H,(H,23,24). The maximum absolute atomic E-state index is 11.7. The Morgan fingerprint density at radius 2 is 1.84 bits per heavy atom. The van der Waals surface area contributed by atoms with Gasteiger partial charge in [-0.25, -0.2) is 9.78 Å². The molecule has 0 atom stereocenters. The second-order valence-corrected chi connectivity index (χ2v) is 6.02. The molecule has 0 fully saturated rings. The first-order chi connectivity index (χ1) is 12.1. The minimum absolute atomic E-state index is 0.172. The highest BCUT2D eigenvalue weighted by Crippen LogP contribution is 2.29. The van der Waals surface area contributed by atoms with Gasteiger partial charge in [0.1, 0.15) is 5.76 Å². The summed E-state index contributed by atoms with van der Waals surface area (Å²) in [4.78, 5) is 16.3. The van der Waals surface area contributed by atoms with Gasteiger partial charge in [0.05, 0.1) is 23.0 Å². The Morgan fingerprint density at radius 3 is 2.60 bits per heavy atom. The second kappa shape index (κ2) is 6.07. The van der Waals surface area contributed by atoms with Crippen molar-refractivity contribution in [3.05, 3.63) is 77.5 Å². The first-order valence-corrected chi connectivity index (χ1v) is 7.97. The van der Waals surface area contributed by atoms with Gasteiger partial charge in [-0.1, -0.05) is 29.8 Å². The van der Waals surface area contributed by atoms with Crippen molar-refractivity contribution < 1.29 is 14.3 Å². The second-order valence-electron chi connectivity index (χ2n) is 5.58. The van der Waals surface area contributed by atoms with E-state index in [0.717, 1.165) is 16.9 Å². The molecule has 4 aromatic rings. The molecule has 0 spiro atoms. The molecule has 0 bridgehead atoms. The van der Waals surface area contributed by atoms with E-state index in [9.17, 15) is 9.90 Å². The molecule has 4 nitrogen and oxygen atoms in total. The minimum Gasteiger partial charge on any atom is -0.478 e. The summed E-state index contributed by atoms with van der Waals surface area (Å²) in [5, 5.41) is 10.6. The maximum atomic E-state index is 11.7. The predicted octanol–water partition coefficient (Wildman–Crippen LogP) is 5.51. The van der Waals surface area contributed by atoms with Crippen LogP contribution >= 0.6 is 11.6 Å². The molecule has 2 heterocycles. The van der Waals surface area contributed by atoms with Gasteiger partial charge in [-0.2, -0.15) is 0 Å². The van der Waals surface area contributed by atoms with Crippen LogP contribution in [0.15, 0.2) is 71.3 Å². The number of hydrogen-bond donors (Lipinski definition) is 1. The lowest BCUT2D eigenvalue weighted by Gasteiger charge is -2.08. The molecule has 0 saturated heterocycles. The fourth-order valence-corrected chi connectivity index (χ4v) is 2.97. The van der Waals surface area contributed by atoms with Crippen LogP contribution in [-0.2, 0) is 0 Å². The predicted molar refractivity (Wildman–Crippen MR) is 96.9 cm³/mol. The number of rotatable bonds is 3. The van der Waals surface area contributed by atoms with Gasteiger partial charge >= 0.3 is 5.97 Å². The van der Waals surface area contributed by atoms with Gasteiger partial charge in [0.2, 0.25) is 0 Å². The molecule has 25 heavy (non-hydrogen) atoms. The lowest BCUT2D eigenvalue weighted by Crippen LogP contribution is -2.00. The molecule has 0 aliphatic heterocycles. The van der Waals surface area contributed by atoms with E-state index in [2.05, 4.69) is 4.98 Å². The zero-order chi connectivity index (χ0) is 17.4. The fourth-order valence-electron chi connectivity index (χ4n) is 2.80. The summed E-state index contributed by atoms with van der Waals surface area (Å²) in [6.45, 7) is 0. The number of hydrogen-bond acceptors (Lipinski definition) is 3. The van der Waals surface area contributed by atoms with E-state index in [1.54, 1.807) is 30.5 Å². The van der Waals surface area contributed by atoms with E-state index >= 15 is 0 Å². The Morgan fingerprint density at radius 1 is 1.00 bits per heavy atom. The molecule has 2 aromatic heterocycles. The monoisotopic (exact) mass is 349 g/mol. The summed E-state index contributed by atoms with van der Waals surface area (Å²) < 4.78 is 5.43. The normalized spacial score (nSPS) is 10.9. The van der Waals surface area contributed by atoms with Crippen LogP contribution in [0.4, 0.5) is 0 Å². The number of carboxylic acids is 1. The third kappa shape index (κ3) is 2.88. The van der Waals surface area contributed by atoms with Gasteiger partial charge in [0.25, 0.3) is 0 Å². The largest absolute Gasteiger partial charge is 0.478 e. The maximum Gasteiger partial charge on any atom is 0.336 e. The van der Waals surface area contributed by atoms with Crippen molar-refractivity contribution in [3.63, 3.8) is 0 Å². The molecule has 0 unspecified atom stereocenters. The van der Waals surface area contributed by atoms with Crippen LogP contribution in [0.25, 0.3) is 33.5 Å². The van der Waals surface area contributed by atoms with E-state index in [4.69, 9.17) is 16.0 Å². The van der Waals surface area contributed by atoms with E-state index in [0.29, 0.717) is 21.6 Å². The zero-order valence-corrected chi connectivity index (χ0v) is 13.7. The number of pyridine rings is 1. The van der Waals surface area contributed by atoms with Crippen LogP contribution in [0.3, 0.4) is 0 Å². The molecular formula is C20H12ClNO3. The Balaban J connectivity index is 1.91. The minimum atomic E-state index is -1.02. The Bertz CT molecular complexity index is 1090. The number of furan rings is 1. The average Bonchev–Trinajstić information content (AvgIpc) is 3.15. The van der Waals surface area contributed by atoms with E-state index < -0.39 is 5.97 Å². The number of benzene rings is 2. The molecule has 0 amide bonds. The van der Waals surface area contributed by atoms with Crippen LogP contribution in [0.2, 0.25) is 5.02 Å². The topological polar surface area (TPSA) is 63.3 Å². The Labute approximate surface area is 148 Å². The van der Waals surface area contributed by atoms with Crippen LogP contribution in [-0.4, -0.2) is 16.1 Å². The van der Waals surface area contributed by atoms with Gasteiger partial charge < -0.3 is 9.52 Å². The summed E-state index contributed by atoms with van der Waals surface area (Å²) in [6.07, 6.45) is 1.61. The Hall–Kier alpha value is -3.11. The van der Waals surface area contributed by atoms with Gasteiger partial charge in [-0.15, -0.1) is 0 Å². The number of carboxylic acid groups (broad SMARTS) is 1. The van der Waals surface area contributed by atoms with Crippen molar-refractivity contribution in [2.75, 3.05) is 0 Å². The van der Waals surface area contributed by atoms with Crippen molar-refractivity contribution in [3.8, 4) is 22.6 Å². The van der Waals surface area contributed by atoms with E-state index in [1.165, 1.54) is 0 Å². The number of carbonyl (C=O) groups is 1. The fraction of sp³-hybridized carbons (Fsp3) is 0. The smallest absolute Gasteiger partial charge is 0.336 e. The lowest BCUT2D eigenvalue weighted by molar-refractivity contribution is 0.0699. The first kappa shape index (κ1) is 15.4. The van der Waals surface area contributed by atoms with Crippen molar-refractivity contribution in [2.24, 2.45) is 0 Å². The zero-order valence-electron chi connectivity index (χ0n) is 12.9. The SMILES string of the molecule is O=C(O)c1cc(-c2cccc(-c3ccco3)c2)nc2ccc(Cl)cc12.